The van der Waals surface area contributed by atoms with E-state index >= 15 is 0 Å². The predicted molar refractivity (Wildman–Crippen MR) is 154 cm³/mol. The van der Waals surface area contributed by atoms with Crippen LogP contribution in [-0.4, -0.2) is 91.6 Å². The molecule has 1 aliphatic carbocycles. The minimum atomic E-state index is -1.20. The molecule has 1 aliphatic heterocycles. The maximum absolute atomic E-state index is 13.1. The van der Waals surface area contributed by atoms with Crippen molar-refractivity contribution >= 4 is 47.3 Å². The van der Waals surface area contributed by atoms with Crippen molar-refractivity contribution in [2.24, 2.45) is 11.7 Å². The van der Waals surface area contributed by atoms with Crippen LogP contribution in [0.2, 0.25) is 0 Å². The average Bonchev–Trinajstić information content (AvgIpc) is 3.84. The van der Waals surface area contributed by atoms with E-state index in [2.05, 4.69) is 37.2 Å². The maximum Gasteiger partial charge on any atom is 0.243 e. The van der Waals surface area contributed by atoms with Crippen LogP contribution in [0.15, 0.2) is 30.3 Å². The van der Waals surface area contributed by atoms with E-state index < -0.39 is 79.1 Å². The fourth-order valence-electron chi connectivity index (χ4n) is 4.32. The molecule has 9 N–H and O–H groups in total. The summed E-state index contributed by atoms with van der Waals surface area (Å²) in [7, 11) is 0. The van der Waals surface area contributed by atoms with Crippen molar-refractivity contribution in [3.05, 3.63) is 35.9 Å². The van der Waals surface area contributed by atoms with E-state index in [0.29, 0.717) is 18.4 Å². The molecule has 3 atom stereocenters. The lowest BCUT2D eigenvalue weighted by Gasteiger charge is -2.21. The SMILES string of the molecule is NC(=O)CNC(=O)[C@@H]1CCNC(=O)CC[C@H](NC(=O)C2CC2)C(=O)NCC(=O)N[C@H](Cc2ccccc2)C(=O)NCC(=O)N1. The van der Waals surface area contributed by atoms with Gasteiger partial charge in [0.05, 0.1) is 19.6 Å². The number of hydrogen-bond donors (Lipinski definition) is 8. The van der Waals surface area contributed by atoms with Crippen molar-refractivity contribution in [1.29, 1.82) is 0 Å². The van der Waals surface area contributed by atoms with Gasteiger partial charge in [0.1, 0.15) is 18.1 Å². The summed E-state index contributed by atoms with van der Waals surface area (Å²) in [5.41, 5.74) is 5.80. The highest BCUT2D eigenvalue weighted by Crippen LogP contribution is 2.29. The molecular weight excluding hydrogens is 576 g/mol. The van der Waals surface area contributed by atoms with E-state index in [0.717, 1.165) is 0 Å². The van der Waals surface area contributed by atoms with Gasteiger partial charge >= 0.3 is 0 Å². The molecule has 1 heterocycles. The van der Waals surface area contributed by atoms with Crippen LogP contribution in [0.25, 0.3) is 0 Å². The van der Waals surface area contributed by atoms with Crippen molar-refractivity contribution < 1.29 is 38.4 Å². The third kappa shape index (κ3) is 11.7. The fourth-order valence-corrected chi connectivity index (χ4v) is 4.32. The Hall–Kier alpha value is -5.02. The van der Waals surface area contributed by atoms with Gasteiger partial charge in [-0.25, -0.2) is 0 Å². The van der Waals surface area contributed by atoms with Crippen molar-refractivity contribution in [2.75, 3.05) is 26.2 Å². The molecule has 0 bridgehead atoms. The van der Waals surface area contributed by atoms with Gasteiger partial charge in [0, 0.05) is 25.3 Å². The van der Waals surface area contributed by atoms with Gasteiger partial charge in [-0.2, -0.15) is 0 Å². The molecule has 1 aromatic carbocycles. The molecule has 16 heteroatoms. The zero-order chi connectivity index (χ0) is 32.1. The highest BCUT2D eigenvalue weighted by Gasteiger charge is 2.33. The molecule has 238 valence electrons. The molecule has 1 saturated heterocycles. The summed E-state index contributed by atoms with van der Waals surface area (Å²) in [6.45, 7) is -1.61. The number of amides is 8. The van der Waals surface area contributed by atoms with Gasteiger partial charge in [0.2, 0.25) is 47.3 Å². The lowest BCUT2D eigenvalue weighted by molar-refractivity contribution is -0.132. The zero-order valence-electron chi connectivity index (χ0n) is 24.1. The van der Waals surface area contributed by atoms with Gasteiger partial charge in [-0.15, -0.1) is 0 Å². The van der Waals surface area contributed by atoms with Gasteiger partial charge in [-0.3, -0.25) is 38.4 Å². The summed E-state index contributed by atoms with van der Waals surface area (Å²) < 4.78 is 0. The number of nitrogens with two attached hydrogens (primary N) is 1. The van der Waals surface area contributed by atoms with Crippen LogP contribution in [0.3, 0.4) is 0 Å². The van der Waals surface area contributed by atoms with Gasteiger partial charge < -0.3 is 43.0 Å². The summed E-state index contributed by atoms with van der Waals surface area (Å²) in [4.78, 5) is 100. The number of benzene rings is 1. The number of carbonyl (C=O) groups excluding carboxylic acids is 8. The number of carbonyl (C=O) groups is 8. The topological polar surface area (TPSA) is 247 Å². The Morgan fingerprint density at radius 2 is 1.43 bits per heavy atom. The first-order valence-electron chi connectivity index (χ1n) is 14.3. The Morgan fingerprint density at radius 1 is 0.773 bits per heavy atom. The molecule has 1 aromatic rings. The molecule has 3 rings (SSSR count). The summed E-state index contributed by atoms with van der Waals surface area (Å²) in [5, 5.41) is 17.4. The van der Waals surface area contributed by atoms with E-state index in [4.69, 9.17) is 5.73 Å². The summed E-state index contributed by atoms with van der Waals surface area (Å²) >= 11 is 0. The highest BCUT2D eigenvalue weighted by atomic mass is 16.2. The second-order valence-corrected chi connectivity index (χ2v) is 10.6. The minimum Gasteiger partial charge on any atom is -0.368 e. The predicted octanol–water partition coefficient (Wildman–Crippen LogP) is -3.77. The normalized spacial score (nSPS) is 22.7. The molecule has 16 nitrogen and oxygen atoms in total. The van der Waals surface area contributed by atoms with Gasteiger partial charge in [-0.05, 0) is 31.2 Å². The zero-order valence-corrected chi connectivity index (χ0v) is 24.1. The monoisotopic (exact) mass is 614 g/mol. The van der Waals surface area contributed by atoms with Crippen LogP contribution in [0.4, 0.5) is 0 Å². The van der Waals surface area contributed by atoms with E-state index in [1.165, 1.54) is 0 Å². The van der Waals surface area contributed by atoms with Crippen LogP contribution in [-0.2, 0) is 44.8 Å². The van der Waals surface area contributed by atoms with Crippen molar-refractivity contribution in [1.82, 2.24) is 37.2 Å². The molecular formula is C28H38N8O8. The third-order valence-corrected chi connectivity index (χ3v) is 6.87. The Balaban J connectivity index is 1.78. The number of hydrogen-bond acceptors (Lipinski definition) is 8. The molecule has 0 spiro atoms. The first kappa shape index (κ1) is 33.5. The summed E-state index contributed by atoms with van der Waals surface area (Å²) in [6.07, 6.45) is 1.13. The minimum absolute atomic E-state index is 0.0665. The molecule has 2 fully saturated rings. The number of primary amides is 1. The number of rotatable bonds is 7. The van der Waals surface area contributed by atoms with E-state index in [9.17, 15) is 38.4 Å². The molecule has 1 saturated carbocycles. The van der Waals surface area contributed by atoms with Crippen LogP contribution in [0.5, 0.6) is 0 Å². The Bertz CT molecular complexity index is 1250. The molecule has 44 heavy (non-hydrogen) atoms. The van der Waals surface area contributed by atoms with Crippen LogP contribution in [0, 0.1) is 5.92 Å². The third-order valence-electron chi connectivity index (χ3n) is 6.87. The average molecular weight is 615 g/mol. The first-order valence-corrected chi connectivity index (χ1v) is 14.3. The second kappa shape index (κ2) is 16.6. The highest BCUT2D eigenvalue weighted by molar-refractivity contribution is 5.95. The summed E-state index contributed by atoms with van der Waals surface area (Å²) in [5.74, 6) is -5.38. The lowest BCUT2D eigenvalue weighted by Crippen LogP contribution is -2.54. The summed E-state index contributed by atoms with van der Waals surface area (Å²) in [6, 6.07) is 5.37. The van der Waals surface area contributed by atoms with Crippen LogP contribution < -0.4 is 43.0 Å². The standard InChI is InChI=1S/C28H38N8O8/c29-21(37)13-31-27(43)19-10-11-30-22(38)9-8-18(36-25(41)17-6-7-17)26(42)32-15-24(40)35-20(12-16-4-2-1-3-5-16)28(44)33-14-23(39)34-19/h1-5,17-20H,6-15H2,(H2,29,37)(H,30,38)(H,31,43)(H,32,42)(H,33,44)(H,34,39)(H,35,40)(H,36,41)/t18-,19-,20+/m0/s1. The van der Waals surface area contributed by atoms with Crippen molar-refractivity contribution in [3.8, 4) is 0 Å². The molecule has 0 unspecified atom stereocenters. The molecule has 8 amide bonds. The van der Waals surface area contributed by atoms with Gasteiger partial charge in [-0.1, -0.05) is 30.3 Å². The fraction of sp³-hybridized carbons (Fsp3) is 0.500. The Kier molecular flexibility index (Phi) is 12.6. The van der Waals surface area contributed by atoms with Crippen LogP contribution >= 0.6 is 0 Å². The van der Waals surface area contributed by atoms with Crippen LogP contribution in [0.1, 0.15) is 37.7 Å². The largest absolute Gasteiger partial charge is 0.368 e. The Morgan fingerprint density at radius 3 is 2.09 bits per heavy atom. The second-order valence-electron chi connectivity index (χ2n) is 10.6. The maximum atomic E-state index is 13.1. The van der Waals surface area contributed by atoms with Crippen molar-refractivity contribution in [3.63, 3.8) is 0 Å². The lowest BCUT2D eigenvalue weighted by atomic mass is 10.1. The first-order chi connectivity index (χ1) is 21.0. The van der Waals surface area contributed by atoms with E-state index in [1.807, 2.05) is 0 Å². The molecule has 0 radical (unpaired) electrons. The molecule has 0 aromatic heterocycles. The van der Waals surface area contributed by atoms with Gasteiger partial charge in [0.25, 0.3) is 0 Å². The van der Waals surface area contributed by atoms with E-state index in [1.54, 1.807) is 30.3 Å². The van der Waals surface area contributed by atoms with E-state index in [-0.39, 0.29) is 44.1 Å². The Labute approximate surface area is 253 Å². The molecule has 2 aliphatic rings. The van der Waals surface area contributed by atoms with Gasteiger partial charge in [0.15, 0.2) is 0 Å². The van der Waals surface area contributed by atoms with Crippen molar-refractivity contribution in [2.45, 2.75) is 56.7 Å². The quantitative estimate of drug-likeness (QED) is 0.151. The number of nitrogens with one attached hydrogen (secondary N) is 7. The smallest absolute Gasteiger partial charge is 0.243 e.